The van der Waals surface area contributed by atoms with Crippen molar-refractivity contribution in [2.24, 2.45) is 5.73 Å². The third kappa shape index (κ3) is 3.42. The zero-order valence-electron chi connectivity index (χ0n) is 9.35. The molecule has 0 bridgehead atoms. The molecule has 1 aromatic rings. The van der Waals surface area contributed by atoms with E-state index in [4.69, 9.17) is 22.7 Å². The lowest BCUT2D eigenvalue weighted by molar-refractivity contribution is 0.466. The van der Waals surface area contributed by atoms with Crippen molar-refractivity contribution >= 4 is 27.5 Å². The second-order valence-corrected chi connectivity index (χ2v) is 5.78. The van der Waals surface area contributed by atoms with Gasteiger partial charge >= 0.3 is 0 Å². The number of nitrogens with one attached hydrogen (secondary N) is 1. The number of halogens is 1. The molecule has 0 radical (unpaired) electrons. The molecule has 0 heterocycles. The van der Waals surface area contributed by atoms with Gasteiger partial charge in [-0.1, -0.05) is 18.5 Å². The summed E-state index contributed by atoms with van der Waals surface area (Å²) in [6.07, 6.45) is 0. The molecule has 7 heteroatoms. The van der Waals surface area contributed by atoms with E-state index in [9.17, 15) is 8.42 Å². The Morgan fingerprint density at radius 1 is 1.41 bits per heavy atom. The van der Waals surface area contributed by atoms with E-state index in [0.717, 1.165) is 4.31 Å². The standard InChI is InChI=1S/C10H14ClN3O2S/c1-2-14(7-10(12)13)17(15,16)9-5-3-8(11)4-6-9/h3-6H,2,7H2,1H3,(H3,12,13). The van der Waals surface area contributed by atoms with E-state index in [1.807, 2.05) is 0 Å². The van der Waals surface area contributed by atoms with E-state index in [2.05, 4.69) is 0 Å². The fraction of sp³-hybridized carbons (Fsp3) is 0.300. The summed E-state index contributed by atoms with van der Waals surface area (Å²) in [5, 5.41) is 7.63. The minimum atomic E-state index is -3.61. The van der Waals surface area contributed by atoms with Crippen LogP contribution in [0.25, 0.3) is 0 Å². The molecule has 0 aliphatic heterocycles. The zero-order chi connectivity index (χ0) is 13.1. The summed E-state index contributed by atoms with van der Waals surface area (Å²) in [7, 11) is -3.61. The van der Waals surface area contributed by atoms with Crippen LogP contribution in [0.5, 0.6) is 0 Å². The van der Waals surface area contributed by atoms with Crippen molar-refractivity contribution in [3.63, 3.8) is 0 Å². The van der Waals surface area contributed by atoms with Gasteiger partial charge in [-0.3, -0.25) is 5.41 Å². The monoisotopic (exact) mass is 275 g/mol. The third-order valence-corrected chi connectivity index (χ3v) is 4.34. The molecule has 17 heavy (non-hydrogen) atoms. The van der Waals surface area contributed by atoms with E-state index >= 15 is 0 Å². The Hall–Kier alpha value is -1.11. The largest absolute Gasteiger partial charge is 0.387 e. The van der Waals surface area contributed by atoms with E-state index in [0.29, 0.717) is 5.02 Å². The predicted octanol–water partition coefficient (Wildman–Crippen LogP) is 1.29. The average Bonchev–Trinajstić information content (AvgIpc) is 2.26. The summed E-state index contributed by atoms with van der Waals surface area (Å²) in [6, 6.07) is 5.88. The minimum absolute atomic E-state index is 0.110. The second-order valence-electron chi connectivity index (χ2n) is 3.41. The number of hydrogen-bond acceptors (Lipinski definition) is 3. The van der Waals surface area contributed by atoms with Crippen LogP contribution < -0.4 is 5.73 Å². The van der Waals surface area contributed by atoms with Crippen molar-refractivity contribution in [1.82, 2.24) is 4.31 Å². The van der Waals surface area contributed by atoms with Crippen molar-refractivity contribution in [3.05, 3.63) is 29.3 Å². The molecule has 5 nitrogen and oxygen atoms in total. The molecule has 0 fully saturated rings. The maximum atomic E-state index is 12.1. The van der Waals surface area contributed by atoms with Gasteiger partial charge in [0.15, 0.2) is 0 Å². The van der Waals surface area contributed by atoms with E-state index < -0.39 is 10.0 Å². The molecule has 0 spiro atoms. The van der Waals surface area contributed by atoms with Gasteiger partial charge in [0.1, 0.15) is 5.84 Å². The van der Waals surface area contributed by atoms with Crippen LogP contribution in [0.15, 0.2) is 29.2 Å². The van der Waals surface area contributed by atoms with Crippen molar-refractivity contribution in [3.8, 4) is 0 Å². The van der Waals surface area contributed by atoms with Crippen molar-refractivity contribution in [1.29, 1.82) is 5.41 Å². The highest BCUT2D eigenvalue weighted by molar-refractivity contribution is 7.89. The molecule has 0 saturated heterocycles. The highest BCUT2D eigenvalue weighted by Gasteiger charge is 2.23. The molecule has 0 aliphatic rings. The third-order valence-electron chi connectivity index (χ3n) is 2.15. The second kappa shape index (κ2) is 5.48. The molecular formula is C10H14ClN3O2S. The molecule has 1 rings (SSSR count). The molecule has 3 N–H and O–H groups in total. The Morgan fingerprint density at radius 3 is 2.35 bits per heavy atom. The first-order valence-corrected chi connectivity index (χ1v) is 6.78. The van der Waals surface area contributed by atoms with Gasteiger partial charge in [-0.2, -0.15) is 4.31 Å². The molecule has 0 saturated carbocycles. The summed E-state index contributed by atoms with van der Waals surface area (Å²) in [4.78, 5) is 0.144. The summed E-state index contributed by atoms with van der Waals surface area (Å²) >= 11 is 5.70. The smallest absolute Gasteiger partial charge is 0.243 e. The lowest BCUT2D eigenvalue weighted by atomic mass is 10.4. The molecule has 0 atom stereocenters. The number of hydrogen-bond donors (Lipinski definition) is 2. The summed E-state index contributed by atoms with van der Waals surface area (Å²) in [5.74, 6) is -0.190. The average molecular weight is 276 g/mol. The van der Waals surface area contributed by atoms with Gasteiger partial charge in [0.2, 0.25) is 10.0 Å². The number of sulfonamides is 1. The molecule has 0 unspecified atom stereocenters. The Kier molecular flexibility index (Phi) is 4.50. The number of benzene rings is 1. The zero-order valence-corrected chi connectivity index (χ0v) is 10.9. The molecule has 0 aliphatic carbocycles. The first-order valence-electron chi connectivity index (χ1n) is 4.96. The quantitative estimate of drug-likeness (QED) is 0.627. The van der Waals surface area contributed by atoms with Crippen LogP contribution in [-0.2, 0) is 10.0 Å². The van der Waals surface area contributed by atoms with Gasteiger partial charge in [0.25, 0.3) is 0 Å². The lowest BCUT2D eigenvalue weighted by Crippen LogP contribution is -2.37. The van der Waals surface area contributed by atoms with Gasteiger partial charge in [0, 0.05) is 11.6 Å². The number of rotatable bonds is 5. The lowest BCUT2D eigenvalue weighted by Gasteiger charge is -2.19. The topological polar surface area (TPSA) is 87.2 Å². The van der Waals surface area contributed by atoms with Gasteiger partial charge in [-0.05, 0) is 24.3 Å². The van der Waals surface area contributed by atoms with Crippen molar-refractivity contribution in [2.45, 2.75) is 11.8 Å². The van der Waals surface area contributed by atoms with Gasteiger partial charge in [-0.15, -0.1) is 0 Å². The van der Waals surface area contributed by atoms with Crippen LogP contribution in [-0.4, -0.2) is 31.6 Å². The van der Waals surface area contributed by atoms with Crippen LogP contribution in [0, 0.1) is 5.41 Å². The van der Waals surface area contributed by atoms with Crippen LogP contribution >= 0.6 is 11.6 Å². The minimum Gasteiger partial charge on any atom is -0.387 e. The highest BCUT2D eigenvalue weighted by Crippen LogP contribution is 2.17. The Balaban J connectivity index is 3.08. The summed E-state index contributed by atoms with van der Waals surface area (Å²) < 4.78 is 25.4. The Bertz CT molecular complexity index is 499. The van der Waals surface area contributed by atoms with Crippen LogP contribution in [0.3, 0.4) is 0 Å². The number of amidine groups is 1. The SMILES string of the molecule is CCN(CC(=N)N)S(=O)(=O)c1ccc(Cl)cc1. The first-order chi connectivity index (χ1) is 7.87. The van der Waals surface area contributed by atoms with Gasteiger partial charge in [-0.25, -0.2) is 8.42 Å². The van der Waals surface area contributed by atoms with Crippen LogP contribution in [0.4, 0.5) is 0 Å². The predicted molar refractivity (Wildman–Crippen MR) is 67.8 cm³/mol. The molecule has 94 valence electrons. The first kappa shape index (κ1) is 14.0. The van der Waals surface area contributed by atoms with Gasteiger partial charge < -0.3 is 5.73 Å². The molecular weight excluding hydrogens is 262 g/mol. The van der Waals surface area contributed by atoms with E-state index in [-0.39, 0.29) is 23.8 Å². The van der Waals surface area contributed by atoms with E-state index in [1.54, 1.807) is 6.92 Å². The Morgan fingerprint density at radius 2 is 1.94 bits per heavy atom. The van der Waals surface area contributed by atoms with Crippen LogP contribution in [0.2, 0.25) is 5.02 Å². The Labute approximate surface area is 106 Å². The van der Waals surface area contributed by atoms with Crippen molar-refractivity contribution in [2.75, 3.05) is 13.1 Å². The summed E-state index contributed by atoms with van der Waals surface area (Å²) in [5.41, 5.74) is 5.22. The van der Waals surface area contributed by atoms with E-state index in [1.165, 1.54) is 24.3 Å². The van der Waals surface area contributed by atoms with Crippen LogP contribution in [0.1, 0.15) is 6.92 Å². The van der Waals surface area contributed by atoms with Gasteiger partial charge in [0.05, 0.1) is 11.4 Å². The molecule has 0 aromatic heterocycles. The molecule has 1 aromatic carbocycles. The maximum absolute atomic E-state index is 12.1. The fourth-order valence-electron chi connectivity index (χ4n) is 1.31. The number of nitrogens with zero attached hydrogens (tertiary/aromatic N) is 1. The summed E-state index contributed by atoms with van der Waals surface area (Å²) in [6.45, 7) is 1.84. The number of nitrogens with two attached hydrogens (primary N) is 1. The molecule has 0 amide bonds. The normalized spacial score (nSPS) is 11.7. The number of likely N-dealkylation sites (N-methyl/N-ethyl adjacent to an activating group) is 1. The van der Waals surface area contributed by atoms with Crippen molar-refractivity contribution < 1.29 is 8.42 Å². The maximum Gasteiger partial charge on any atom is 0.243 e. The fourth-order valence-corrected chi connectivity index (χ4v) is 2.87. The highest BCUT2D eigenvalue weighted by atomic mass is 35.5.